The minimum absolute atomic E-state index is 0.0394. The molecule has 1 aromatic heterocycles. The monoisotopic (exact) mass is 231 g/mol. The summed E-state index contributed by atoms with van der Waals surface area (Å²) in [5.41, 5.74) is 5.24. The van der Waals surface area contributed by atoms with Gasteiger partial charge in [0, 0.05) is 0 Å². The van der Waals surface area contributed by atoms with Gasteiger partial charge in [-0.25, -0.2) is 0 Å². The van der Waals surface area contributed by atoms with E-state index in [9.17, 15) is 4.79 Å². The van der Waals surface area contributed by atoms with Gasteiger partial charge in [0.25, 0.3) is 0 Å². The van der Waals surface area contributed by atoms with Crippen molar-refractivity contribution < 1.29 is 4.79 Å². The summed E-state index contributed by atoms with van der Waals surface area (Å²) in [6.45, 7) is 3.84. The van der Waals surface area contributed by atoms with Gasteiger partial charge in [-0.3, -0.25) is 4.79 Å². The SMILES string of the molecule is CCC(N)(CC)C(=O)c1sccc1Cl. The van der Waals surface area contributed by atoms with Gasteiger partial charge in [0.2, 0.25) is 0 Å². The molecule has 1 rings (SSSR count). The van der Waals surface area contributed by atoms with E-state index in [0.717, 1.165) is 0 Å². The van der Waals surface area contributed by atoms with E-state index < -0.39 is 5.54 Å². The minimum atomic E-state index is -0.755. The summed E-state index contributed by atoms with van der Waals surface area (Å²) in [5.74, 6) is -0.0394. The van der Waals surface area contributed by atoms with Crippen molar-refractivity contribution >= 4 is 28.7 Å². The van der Waals surface area contributed by atoms with Crippen molar-refractivity contribution in [1.29, 1.82) is 0 Å². The van der Waals surface area contributed by atoms with Crippen LogP contribution in [0.1, 0.15) is 36.4 Å². The zero-order chi connectivity index (χ0) is 10.8. The van der Waals surface area contributed by atoms with E-state index >= 15 is 0 Å². The van der Waals surface area contributed by atoms with E-state index in [1.807, 2.05) is 13.8 Å². The Morgan fingerprint density at radius 3 is 2.50 bits per heavy atom. The van der Waals surface area contributed by atoms with Crippen LogP contribution in [0.3, 0.4) is 0 Å². The summed E-state index contributed by atoms with van der Waals surface area (Å²) < 4.78 is 0. The third-order valence-electron chi connectivity index (χ3n) is 2.54. The predicted molar refractivity (Wildman–Crippen MR) is 61.2 cm³/mol. The van der Waals surface area contributed by atoms with E-state index in [1.54, 1.807) is 11.4 Å². The van der Waals surface area contributed by atoms with Crippen molar-refractivity contribution in [2.24, 2.45) is 5.73 Å². The number of halogens is 1. The molecule has 2 N–H and O–H groups in total. The molecule has 0 fully saturated rings. The molecule has 0 aliphatic rings. The Morgan fingerprint density at radius 1 is 1.57 bits per heavy atom. The molecule has 14 heavy (non-hydrogen) atoms. The van der Waals surface area contributed by atoms with Gasteiger partial charge in [0.1, 0.15) is 0 Å². The molecule has 0 aliphatic heterocycles. The van der Waals surface area contributed by atoms with Gasteiger partial charge in [-0.05, 0) is 24.3 Å². The molecule has 78 valence electrons. The highest BCUT2D eigenvalue weighted by Gasteiger charge is 2.32. The standard InChI is InChI=1S/C10H14ClNOS/c1-3-10(12,4-2)9(13)8-7(11)5-6-14-8/h5-6H,3-4,12H2,1-2H3. The Balaban J connectivity index is 3.01. The van der Waals surface area contributed by atoms with Crippen LogP contribution in [0.15, 0.2) is 11.4 Å². The molecule has 0 spiro atoms. The Kier molecular flexibility index (Phi) is 3.70. The van der Waals surface area contributed by atoms with Gasteiger partial charge in [0.15, 0.2) is 5.78 Å². The topological polar surface area (TPSA) is 43.1 Å². The molecule has 0 radical (unpaired) electrons. The van der Waals surface area contributed by atoms with Crippen molar-refractivity contribution in [3.05, 3.63) is 21.3 Å². The fraction of sp³-hybridized carbons (Fsp3) is 0.500. The second-order valence-corrected chi connectivity index (χ2v) is 4.61. The maximum Gasteiger partial charge on any atom is 0.194 e. The molecule has 0 amide bonds. The third kappa shape index (κ3) is 2.00. The molecule has 4 heteroatoms. The summed E-state index contributed by atoms with van der Waals surface area (Å²) in [7, 11) is 0. The number of nitrogens with two attached hydrogens (primary N) is 1. The Hall–Kier alpha value is -0.380. The summed E-state index contributed by atoms with van der Waals surface area (Å²) in [5, 5.41) is 2.32. The van der Waals surface area contributed by atoms with Gasteiger partial charge in [-0.1, -0.05) is 25.4 Å². The number of hydrogen-bond donors (Lipinski definition) is 1. The number of ketones is 1. The van der Waals surface area contributed by atoms with E-state index in [0.29, 0.717) is 22.7 Å². The molecule has 0 unspecified atom stereocenters. The average molecular weight is 232 g/mol. The Bertz CT molecular complexity index is 331. The molecular formula is C10H14ClNOS. The van der Waals surface area contributed by atoms with Crippen molar-refractivity contribution in [2.75, 3.05) is 0 Å². The number of hydrogen-bond acceptors (Lipinski definition) is 3. The van der Waals surface area contributed by atoms with Gasteiger partial charge in [-0.15, -0.1) is 11.3 Å². The van der Waals surface area contributed by atoms with Crippen LogP contribution in [0, 0.1) is 0 Å². The molecular weight excluding hydrogens is 218 g/mol. The van der Waals surface area contributed by atoms with E-state index in [2.05, 4.69) is 0 Å². The molecule has 1 aromatic rings. The lowest BCUT2D eigenvalue weighted by Gasteiger charge is -2.24. The fourth-order valence-electron chi connectivity index (χ4n) is 1.25. The highest BCUT2D eigenvalue weighted by molar-refractivity contribution is 7.12. The lowest BCUT2D eigenvalue weighted by molar-refractivity contribution is 0.0884. The minimum Gasteiger partial charge on any atom is -0.319 e. The van der Waals surface area contributed by atoms with E-state index in [-0.39, 0.29) is 5.78 Å². The van der Waals surface area contributed by atoms with E-state index in [4.69, 9.17) is 17.3 Å². The summed E-state index contributed by atoms with van der Waals surface area (Å²) in [6.07, 6.45) is 1.27. The van der Waals surface area contributed by atoms with Crippen LogP contribution < -0.4 is 5.73 Å². The maximum atomic E-state index is 12.0. The fourth-order valence-corrected chi connectivity index (χ4v) is 2.44. The Morgan fingerprint density at radius 2 is 2.14 bits per heavy atom. The van der Waals surface area contributed by atoms with Crippen LogP contribution in [0.2, 0.25) is 5.02 Å². The number of Topliss-reactive ketones (excluding diaryl/α,β-unsaturated/α-hetero) is 1. The number of carbonyl (C=O) groups excluding carboxylic acids is 1. The first-order valence-electron chi connectivity index (χ1n) is 4.61. The second kappa shape index (κ2) is 4.43. The Labute approximate surface area is 93.1 Å². The first-order chi connectivity index (χ1) is 6.55. The largest absolute Gasteiger partial charge is 0.319 e. The van der Waals surface area contributed by atoms with Gasteiger partial charge in [-0.2, -0.15) is 0 Å². The summed E-state index contributed by atoms with van der Waals surface area (Å²) >= 11 is 7.24. The molecule has 0 saturated carbocycles. The predicted octanol–water partition coefficient (Wildman–Crippen LogP) is 3.10. The zero-order valence-corrected chi connectivity index (χ0v) is 9.91. The quantitative estimate of drug-likeness (QED) is 0.810. The number of carbonyl (C=O) groups is 1. The van der Waals surface area contributed by atoms with Crippen molar-refractivity contribution in [3.8, 4) is 0 Å². The van der Waals surface area contributed by atoms with Crippen molar-refractivity contribution in [1.82, 2.24) is 0 Å². The van der Waals surface area contributed by atoms with Crippen LogP contribution in [0.5, 0.6) is 0 Å². The number of rotatable bonds is 4. The highest BCUT2D eigenvalue weighted by Crippen LogP contribution is 2.28. The van der Waals surface area contributed by atoms with Crippen LogP contribution in [-0.2, 0) is 0 Å². The van der Waals surface area contributed by atoms with Crippen LogP contribution in [0.4, 0.5) is 0 Å². The van der Waals surface area contributed by atoms with Gasteiger partial charge >= 0.3 is 0 Å². The molecule has 0 aliphatic carbocycles. The molecule has 0 bridgehead atoms. The van der Waals surface area contributed by atoms with Crippen LogP contribution in [0.25, 0.3) is 0 Å². The first kappa shape index (κ1) is 11.7. The molecule has 1 heterocycles. The highest BCUT2D eigenvalue weighted by atomic mass is 35.5. The maximum absolute atomic E-state index is 12.0. The summed E-state index contributed by atoms with van der Waals surface area (Å²) in [6, 6.07) is 1.73. The average Bonchev–Trinajstić information content (AvgIpc) is 2.62. The lowest BCUT2D eigenvalue weighted by Crippen LogP contribution is -2.46. The van der Waals surface area contributed by atoms with Crippen LogP contribution in [-0.4, -0.2) is 11.3 Å². The number of thiophene rings is 1. The summed E-state index contributed by atoms with van der Waals surface area (Å²) in [4.78, 5) is 12.6. The van der Waals surface area contributed by atoms with Crippen LogP contribution >= 0.6 is 22.9 Å². The second-order valence-electron chi connectivity index (χ2n) is 3.29. The van der Waals surface area contributed by atoms with Crippen molar-refractivity contribution in [2.45, 2.75) is 32.2 Å². The molecule has 0 atom stereocenters. The van der Waals surface area contributed by atoms with Crippen molar-refractivity contribution in [3.63, 3.8) is 0 Å². The zero-order valence-electron chi connectivity index (χ0n) is 8.34. The van der Waals surface area contributed by atoms with Gasteiger partial charge in [0.05, 0.1) is 15.4 Å². The lowest BCUT2D eigenvalue weighted by atomic mass is 9.88. The normalized spacial score (nSPS) is 11.7. The third-order valence-corrected chi connectivity index (χ3v) is 3.88. The van der Waals surface area contributed by atoms with E-state index in [1.165, 1.54) is 11.3 Å². The molecule has 0 aromatic carbocycles. The smallest absolute Gasteiger partial charge is 0.194 e. The first-order valence-corrected chi connectivity index (χ1v) is 5.87. The van der Waals surface area contributed by atoms with Gasteiger partial charge < -0.3 is 5.73 Å². The molecule has 2 nitrogen and oxygen atoms in total. The molecule has 0 saturated heterocycles.